The summed E-state index contributed by atoms with van der Waals surface area (Å²) in [7, 11) is 3.84. The van der Waals surface area contributed by atoms with Crippen LogP contribution in [0.3, 0.4) is 0 Å². The largest absolute Gasteiger partial charge is 0.381 e. The highest BCUT2D eigenvalue weighted by atomic mass is 35.5. The van der Waals surface area contributed by atoms with Crippen LogP contribution in [0, 0.1) is 5.82 Å². The molecule has 1 amide bonds. The normalized spacial score (nSPS) is 17.3. The number of nitrogens with one attached hydrogen (secondary N) is 1. The maximum absolute atomic E-state index is 13.7. The fraction of sp³-hybridized carbons (Fsp3) is 0.409. The first-order valence-electron chi connectivity index (χ1n) is 9.46. The second-order valence-electron chi connectivity index (χ2n) is 7.45. The lowest BCUT2D eigenvalue weighted by atomic mass is 9.73. The van der Waals surface area contributed by atoms with Crippen molar-refractivity contribution in [1.82, 2.24) is 10.2 Å². The number of carbonyl (C=O) groups excluding carboxylic acids is 1. The summed E-state index contributed by atoms with van der Waals surface area (Å²) >= 11 is 6.03. The average molecular weight is 405 g/mol. The van der Waals surface area contributed by atoms with Crippen molar-refractivity contribution >= 4 is 17.5 Å². The Bertz CT molecular complexity index is 804. The molecule has 0 radical (unpaired) electrons. The van der Waals surface area contributed by atoms with Crippen LogP contribution in [0.15, 0.2) is 48.5 Å². The van der Waals surface area contributed by atoms with Gasteiger partial charge < -0.3 is 15.0 Å². The second-order valence-corrected chi connectivity index (χ2v) is 7.88. The van der Waals surface area contributed by atoms with Crippen molar-refractivity contribution in [3.63, 3.8) is 0 Å². The summed E-state index contributed by atoms with van der Waals surface area (Å²) in [5.74, 6) is -0.306. The molecular weight excluding hydrogens is 379 g/mol. The van der Waals surface area contributed by atoms with E-state index in [1.807, 2.05) is 49.3 Å². The molecule has 1 atom stereocenters. The van der Waals surface area contributed by atoms with Crippen molar-refractivity contribution in [2.24, 2.45) is 0 Å². The number of hydrogen-bond donors (Lipinski definition) is 1. The molecule has 0 aromatic heterocycles. The SMILES string of the molecule is CN(C)[C@@H](CNC(=O)C1(c2ccc(Cl)cc2)CCOCC1)c1cccc(F)c1. The van der Waals surface area contributed by atoms with Crippen LogP contribution in [0.5, 0.6) is 0 Å². The van der Waals surface area contributed by atoms with Crippen molar-refractivity contribution in [2.45, 2.75) is 24.3 Å². The quantitative estimate of drug-likeness (QED) is 0.792. The third kappa shape index (κ3) is 4.54. The van der Waals surface area contributed by atoms with Gasteiger partial charge in [0.15, 0.2) is 0 Å². The number of ether oxygens (including phenoxy) is 1. The summed E-state index contributed by atoms with van der Waals surface area (Å²) in [6, 6.07) is 13.9. The molecule has 150 valence electrons. The highest BCUT2D eigenvalue weighted by Gasteiger charge is 2.41. The van der Waals surface area contributed by atoms with Gasteiger partial charge in [0.05, 0.1) is 11.5 Å². The van der Waals surface area contributed by atoms with Crippen LogP contribution in [-0.2, 0) is 14.9 Å². The molecule has 1 N–H and O–H groups in total. The standard InChI is InChI=1S/C22H26ClFN2O2/c1-26(2)20(16-4-3-5-19(24)14-16)15-25-21(27)22(10-12-28-13-11-22)17-6-8-18(23)9-7-17/h3-9,14,20H,10-13,15H2,1-2H3,(H,25,27)/t20-/m0/s1. The molecule has 4 nitrogen and oxygen atoms in total. The Morgan fingerprint density at radius 1 is 1.21 bits per heavy atom. The third-order valence-electron chi connectivity index (χ3n) is 5.49. The van der Waals surface area contributed by atoms with Crippen molar-refractivity contribution in [2.75, 3.05) is 33.9 Å². The smallest absolute Gasteiger partial charge is 0.230 e. The van der Waals surface area contributed by atoms with Gasteiger partial charge >= 0.3 is 0 Å². The van der Waals surface area contributed by atoms with E-state index in [1.165, 1.54) is 12.1 Å². The van der Waals surface area contributed by atoms with Crippen molar-refractivity contribution in [1.29, 1.82) is 0 Å². The highest BCUT2D eigenvalue weighted by Crippen LogP contribution is 2.36. The maximum atomic E-state index is 13.7. The Balaban J connectivity index is 1.80. The fourth-order valence-electron chi connectivity index (χ4n) is 3.81. The zero-order valence-corrected chi connectivity index (χ0v) is 17.0. The molecule has 0 aliphatic carbocycles. The van der Waals surface area contributed by atoms with Gasteiger partial charge in [0, 0.05) is 24.8 Å². The van der Waals surface area contributed by atoms with Gasteiger partial charge in [0.2, 0.25) is 5.91 Å². The van der Waals surface area contributed by atoms with E-state index in [0.29, 0.717) is 37.6 Å². The molecule has 1 aliphatic rings. The molecular formula is C22H26ClFN2O2. The van der Waals surface area contributed by atoms with Gasteiger partial charge in [-0.15, -0.1) is 0 Å². The summed E-state index contributed by atoms with van der Waals surface area (Å²) in [6.45, 7) is 1.47. The van der Waals surface area contributed by atoms with Crippen LogP contribution in [0.4, 0.5) is 4.39 Å². The zero-order chi connectivity index (χ0) is 20.1. The molecule has 1 saturated heterocycles. The molecule has 0 bridgehead atoms. The topological polar surface area (TPSA) is 41.6 Å². The number of hydrogen-bond acceptors (Lipinski definition) is 3. The molecule has 1 aliphatic heterocycles. The molecule has 0 saturated carbocycles. The number of likely N-dealkylation sites (N-methyl/N-ethyl adjacent to an activating group) is 1. The number of amides is 1. The van der Waals surface area contributed by atoms with Crippen LogP contribution in [0.1, 0.15) is 30.0 Å². The number of rotatable bonds is 6. The van der Waals surface area contributed by atoms with Crippen LogP contribution >= 0.6 is 11.6 Å². The van der Waals surface area contributed by atoms with Gasteiger partial charge in [0.25, 0.3) is 0 Å². The summed E-state index contributed by atoms with van der Waals surface area (Å²) in [5.41, 5.74) is 1.14. The van der Waals surface area contributed by atoms with E-state index in [0.717, 1.165) is 11.1 Å². The number of carbonyl (C=O) groups is 1. The van der Waals surface area contributed by atoms with E-state index >= 15 is 0 Å². The lowest BCUT2D eigenvalue weighted by molar-refractivity contribution is -0.130. The predicted molar refractivity (Wildman–Crippen MR) is 109 cm³/mol. The average Bonchev–Trinajstić information content (AvgIpc) is 2.69. The molecule has 1 fully saturated rings. The monoisotopic (exact) mass is 404 g/mol. The summed E-state index contributed by atoms with van der Waals surface area (Å²) in [4.78, 5) is 15.3. The minimum Gasteiger partial charge on any atom is -0.381 e. The summed E-state index contributed by atoms with van der Waals surface area (Å²) in [5, 5.41) is 3.76. The first-order chi connectivity index (χ1) is 13.4. The first-order valence-corrected chi connectivity index (χ1v) is 9.84. The number of nitrogens with zero attached hydrogens (tertiary/aromatic N) is 1. The van der Waals surface area contributed by atoms with Gasteiger partial charge in [-0.1, -0.05) is 35.9 Å². The van der Waals surface area contributed by atoms with Crippen molar-refractivity contribution in [3.05, 3.63) is 70.5 Å². The first kappa shape index (κ1) is 20.8. The third-order valence-corrected chi connectivity index (χ3v) is 5.74. The molecule has 3 rings (SSSR count). The highest BCUT2D eigenvalue weighted by molar-refractivity contribution is 6.30. The van der Waals surface area contributed by atoms with E-state index in [1.54, 1.807) is 6.07 Å². The Kier molecular flexibility index (Phi) is 6.70. The number of benzene rings is 2. The van der Waals surface area contributed by atoms with E-state index < -0.39 is 5.41 Å². The lowest BCUT2D eigenvalue weighted by Crippen LogP contribution is -2.49. The predicted octanol–water partition coefficient (Wildman–Crippen LogP) is 3.95. The van der Waals surface area contributed by atoms with Gasteiger partial charge in [0.1, 0.15) is 5.82 Å². The summed E-state index contributed by atoms with van der Waals surface area (Å²) in [6.07, 6.45) is 1.24. The summed E-state index contributed by atoms with van der Waals surface area (Å²) < 4.78 is 19.2. The van der Waals surface area contributed by atoms with Gasteiger partial charge in [-0.05, 0) is 62.3 Å². The molecule has 6 heteroatoms. The lowest BCUT2D eigenvalue weighted by Gasteiger charge is -2.37. The Labute approximate surface area is 170 Å². The van der Waals surface area contributed by atoms with Gasteiger partial charge in [-0.2, -0.15) is 0 Å². The molecule has 2 aromatic carbocycles. The van der Waals surface area contributed by atoms with Crippen LogP contribution < -0.4 is 5.32 Å². The number of halogens is 2. The van der Waals surface area contributed by atoms with Crippen LogP contribution in [0.25, 0.3) is 0 Å². The van der Waals surface area contributed by atoms with Gasteiger partial charge in [-0.25, -0.2) is 4.39 Å². The van der Waals surface area contributed by atoms with Gasteiger partial charge in [-0.3, -0.25) is 4.79 Å². The second kappa shape index (κ2) is 9.03. The van der Waals surface area contributed by atoms with Crippen molar-refractivity contribution in [3.8, 4) is 0 Å². The zero-order valence-electron chi connectivity index (χ0n) is 16.3. The molecule has 28 heavy (non-hydrogen) atoms. The van der Waals surface area contributed by atoms with E-state index in [9.17, 15) is 9.18 Å². The van der Waals surface area contributed by atoms with E-state index in [2.05, 4.69) is 5.32 Å². The fourth-order valence-corrected chi connectivity index (χ4v) is 3.93. The Morgan fingerprint density at radius 2 is 1.89 bits per heavy atom. The maximum Gasteiger partial charge on any atom is 0.230 e. The van der Waals surface area contributed by atoms with Crippen LogP contribution in [-0.4, -0.2) is 44.7 Å². The molecule has 0 unspecified atom stereocenters. The minimum atomic E-state index is -0.637. The molecule has 0 spiro atoms. The Hall–Kier alpha value is -1.95. The minimum absolute atomic E-state index is 0.0265. The van der Waals surface area contributed by atoms with E-state index in [4.69, 9.17) is 16.3 Å². The molecule has 2 aromatic rings. The Morgan fingerprint density at radius 3 is 2.50 bits per heavy atom. The van der Waals surface area contributed by atoms with Crippen LogP contribution in [0.2, 0.25) is 5.02 Å². The van der Waals surface area contributed by atoms with Crippen molar-refractivity contribution < 1.29 is 13.9 Å². The molecule has 1 heterocycles. The van der Waals surface area contributed by atoms with E-state index in [-0.39, 0.29) is 17.8 Å².